The molecule has 0 bridgehead atoms. The van der Waals surface area contributed by atoms with Crippen molar-refractivity contribution in [2.45, 2.75) is 20.0 Å². The molecule has 1 N–H and O–H groups in total. The van der Waals surface area contributed by atoms with E-state index in [1.54, 1.807) is 6.07 Å². The first-order valence-corrected chi connectivity index (χ1v) is 5.00. The maximum atomic E-state index is 10.7. The van der Waals surface area contributed by atoms with E-state index in [0.29, 0.717) is 13.2 Å². The van der Waals surface area contributed by atoms with Crippen molar-refractivity contribution in [1.29, 1.82) is 0 Å². The molecule has 0 fully saturated rings. The molecular formula is C12H15NO3. The molecular weight excluding hydrogens is 206 g/mol. The summed E-state index contributed by atoms with van der Waals surface area (Å²) in [5, 5.41) is 8.74. The Hall–Kier alpha value is -1.68. The molecule has 0 atom stereocenters. The summed E-state index contributed by atoms with van der Waals surface area (Å²) in [4.78, 5) is 14.4. The summed E-state index contributed by atoms with van der Waals surface area (Å²) in [5.41, 5.74) is 1.93. The maximum Gasteiger partial charge on any atom is 0.354 e. The average molecular weight is 221 g/mol. The van der Waals surface area contributed by atoms with E-state index in [-0.39, 0.29) is 5.69 Å². The quantitative estimate of drug-likeness (QED) is 0.591. The average Bonchev–Trinajstić information content (AvgIpc) is 2.24. The van der Waals surface area contributed by atoms with E-state index in [1.807, 2.05) is 6.92 Å². The minimum Gasteiger partial charge on any atom is -0.477 e. The highest BCUT2D eigenvalue weighted by Gasteiger charge is 2.04. The molecule has 4 nitrogen and oxygen atoms in total. The van der Waals surface area contributed by atoms with Gasteiger partial charge in [-0.25, -0.2) is 9.78 Å². The third kappa shape index (κ3) is 4.23. The molecule has 16 heavy (non-hydrogen) atoms. The van der Waals surface area contributed by atoms with E-state index in [2.05, 4.69) is 11.6 Å². The largest absolute Gasteiger partial charge is 0.477 e. The number of aromatic nitrogens is 1. The Kier molecular flexibility index (Phi) is 4.66. The highest BCUT2D eigenvalue weighted by molar-refractivity contribution is 5.85. The lowest BCUT2D eigenvalue weighted by Gasteiger charge is -2.04. The smallest absolute Gasteiger partial charge is 0.354 e. The highest BCUT2D eigenvalue weighted by Crippen LogP contribution is 2.05. The van der Waals surface area contributed by atoms with E-state index in [1.165, 1.54) is 12.3 Å². The van der Waals surface area contributed by atoms with Gasteiger partial charge < -0.3 is 9.84 Å². The number of rotatable bonds is 6. The van der Waals surface area contributed by atoms with Gasteiger partial charge in [0.2, 0.25) is 0 Å². The third-order valence-electron chi connectivity index (χ3n) is 1.99. The number of ether oxygens (including phenoxy) is 1. The maximum absolute atomic E-state index is 10.7. The van der Waals surface area contributed by atoms with Gasteiger partial charge in [0.05, 0.1) is 13.2 Å². The lowest BCUT2D eigenvalue weighted by molar-refractivity contribution is 0.0690. The number of nitrogens with zero attached hydrogens (tertiary/aromatic N) is 1. The van der Waals surface area contributed by atoms with Crippen molar-refractivity contribution in [1.82, 2.24) is 4.98 Å². The molecule has 0 aliphatic heterocycles. The van der Waals surface area contributed by atoms with Crippen molar-refractivity contribution in [3.8, 4) is 0 Å². The summed E-state index contributed by atoms with van der Waals surface area (Å²) in [7, 11) is 0. The standard InChI is InChI=1S/C12H15NO3/c1-9(2)4-6-16-8-10-3-5-13-11(7-10)12(14)15/h3,5,7H,1,4,6,8H2,2H3,(H,14,15). The Bertz CT molecular complexity index is 388. The second-order valence-electron chi connectivity index (χ2n) is 3.61. The number of carboxylic acid groups (broad SMARTS) is 1. The second-order valence-corrected chi connectivity index (χ2v) is 3.61. The Balaban J connectivity index is 2.45. The first-order valence-electron chi connectivity index (χ1n) is 5.00. The van der Waals surface area contributed by atoms with Gasteiger partial charge in [0, 0.05) is 6.20 Å². The zero-order valence-electron chi connectivity index (χ0n) is 9.27. The minimum atomic E-state index is -1.02. The van der Waals surface area contributed by atoms with Crippen LogP contribution in [0.5, 0.6) is 0 Å². The van der Waals surface area contributed by atoms with Crippen LogP contribution >= 0.6 is 0 Å². The van der Waals surface area contributed by atoms with Crippen LogP contribution in [0.2, 0.25) is 0 Å². The summed E-state index contributed by atoms with van der Waals surface area (Å²) in [5.74, 6) is -1.02. The molecule has 1 aromatic rings. The number of hydrogen-bond donors (Lipinski definition) is 1. The fourth-order valence-electron chi connectivity index (χ4n) is 1.12. The lowest BCUT2D eigenvalue weighted by atomic mass is 10.2. The van der Waals surface area contributed by atoms with E-state index in [4.69, 9.17) is 9.84 Å². The topological polar surface area (TPSA) is 59.4 Å². The van der Waals surface area contributed by atoms with Gasteiger partial charge in [0.15, 0.2) is 0 Å². The molecule has 0 aromatic carbocycles. The van der Waals surface area contributed by atoms with Crippen LogP contribution in [0.15, 0.2) is 30.5 Å². The van der Waals surface area contributed by atoms with Crippen molar-refractivity contribution in [3.05, 3.63) is 41.7 Å². The van der Waals surface area contributed by atoms with Gasteiger partial charge in [-0.05, 0) is 31.0 Å². The van der Waals surface area contributed by atoms with Gasteiger partial charge in [0.25, 0.3) is 0 Å². The predicted molar refractivity (Wildman–Crippen MR) is 60.3 cm³/mol. The molecule has 86 valence electrons. The van der Waals surface area contributed by atoms with E-state index in [9.17, 15) is 4.79 Å². The predicted octanol–water partition coefficient (Wildman–Crippen LogP) is 2.26. The van der Waals surface area contributed by atoms with E-state index >= 15 is 0 Å². The van der Waals surface area contributed by atoms with Crippen LogP contribution in [-0.2, 0) is 11.3 Å². The lowest BCUT2D eigenvalue weighted by Crippen LogP contribution is -2.02. The molecule has 1 rings (SSSR count). The zero-order chi connectivity index (χ0) is 12.0. The minimum absolute atomic E-state index is 0.0426. The highest BCUT2D eigenvalue weighted by atomic mass is 16.5. The van der Waals surface area contributed by atoms with Crippen LogP contribution in [-0.4, -0.2) is 22.7 Å². The fraction of sp³-hybridized carbons (Fsp3) is 0.333. The van der Waals surface area contributed by atoms with Crippen LogP contribution in [0.25, 0.3) is 0 Å². The first-order chi connectivity index (χ1) is 7.59. The zero-order valence-corrected chi connectivity index (χ0v) is 9.27. The fourth-order valence-corrected chi connectivity index (χ4v) is 1.12. The van der Waals surface area contributed by atoms with Crippen molar-refractivity contribution in [3.63, 3.8) is 0 Å². The van der Waals surface area contributed by atoms with E-state index in [0.717, 1.165) is 17.6 Å². The van der Waals surface area contributed by atoms with Gasteiger partial charge in [0.1, 0.15) is 5.69 Å². The van der Waals surface area contributed by atoms with Crippen molar-refractivity contribution in [2.24, 2.45) is 0 Å². The molecule has 0 unspecified atom stereocenters. The van der Waals surface area contributed by atoms with Gasteiger partial charge in [-0.3, -0.25) is 0 Å². The molecule has 1 heterocycles. The molecule has 1 aromatic heterocycles. The summed E-state index contributed by atoms with van der Waals surface area (Å²) in [6, 6.07) is 3.26. The molecule has 0 saturated carbocycles. The van der Waals surface area contributed by atoms with Crippen LogP contribution < -0.4 is 0 Å². The normalized spacial score (nSPS) is 10.1. The Morgan fingerprint density at radius 3 is 3.00 bits per heavy atom. The number of carboxylic acids is 1. The molecule has 0 aliphatic rings. The number of aromatic carboxylic acids is 1. The molecule has 0 saturated heterocycles. The third-order valence-corrected chi connectivity index (χ3v) is 1.99. The Labute approximate surface area is 94.6 Å². The molecule has 0 amide bonds. The monoisotopic (exact) mass is 221 g/mol. The SMILES string of the molecule is C=C(C)CCOCc1ccnc(C(=O)O)c1. The Morgan fingerprint density at radius 2 is 2.38 bits per heavy atom. The van der Waals surface area contributed by atoms with Crippen LogP contribution in [0.4, 0.5) is 0 Å². The van der Waals surface area contributed by atoms with Crippen molar-refractivity contribution in [2.75, 3.05) is 6.61 Å². The van der Waals surface area contributed by atoms with Crippen molar-refractivity contribution >= 4 is 5.97 Å². The Morgan fingerprint density at radius 1 is 1.62 bits per heavy atom. The molecule has 4 heteroatoms. The molecule has 0 aliphatic carbocycles. The number of pyridine rings is 1. The summed E-state index contributed by atoms with van der Waals surface area (Å²) in [6.07, 6.45) is 2.29. The van der Waals surface area contributed by atoms with Gasteiger partial charge in [-0.15, -0.1) is 6.58 Å². The second kappa shape index (κ2) is 6.02. The van der Waals surface area contributed by atoms with Crippen LogP contribution in [0.3, 0.4) is 0 Å². The number of carbonyl (C=O) groups is 1. The first kappa shape index (κ1) is 12.4. The molecule has 0 spiro atoms. The van der Waals surface area contributed by atoms with Gasteiger partial charge in [-0.2, -0.15) is 0 Å². The summed E-state index contributed by atoms with van der Waals surface area (Å²) >= 11 is 0. The number of hydrogen-bond acceptors (Lipinski definition) is 3. The van der Waals surface area contributed by atoms with Gasteiger partial charge in [-0.1, -0.05) is 5.57 Å². The summed E-state index contributed by atoms with van der Waals surface area (Å²) < 4.78 is 5.38. The summed E-state index contributed by atoms with van der Waals surface area (Å²) in [6.45, 7) is 6.71. The van der Waals surface area contributed by atoms with Crippen molar-refractivity contribution < 1.29 is 14.6 Å². The van der Waals surface area contributed by atoms with Crippen LogP contribution in [0.1, 0.15) is 29.4 Å². The molecule has 0 radical (unpaired) electrons. The van der Waals surface area contributed by atoms with Gasteiger partial charge >= 0.3 is 5.97 Å². The van der Waals surface area contributed by atoms with Crippen LogP contribution in [0, 0.1) is 0 Å². The van der Waals surface area contributed by atoms with E-state index < -0.39 is 5.97 Å².